The predicted molar refractivity (Wildman–Crippen MR) is 111 cm³/mol. The number of carbonyl (C=O) groups is 1. The van der Waals surface area contributed by atoms with Crippen LogP contribution in [0, 0.1) is 0 Å². The molecule has 2 N–H and O–H groups in total. The number of amides is 1. The van der Waals surface area contributed by atoms with Crippen LogP contribution in [0.3, 0.4) is 0 Å². The Bertz CT molecular complexity index is 1130. The van der Waals surface area contributed by atoms with Gasteiger partial charge in [-0.3, -0.25) is 4.79 Å². The van der Waals surface area contributed by atoms with Crippen LogP contribution in [0.25, 0.3) is 22.3 Å². The highest BCUT2D eigenvalue weighted by Gasteiger charge is 2.12. The topological polar surface area (TPSA) is 88.0 Å². The van der Waals surface area contributed by atoms with E-state index in [1.165, 1.54) is 11.8 Å². The monoisotopic (exact) mass is 390 g/mol. The largest absolute Gasteiger partial charge is 0.361 e. The van der Waals surface area contributed by atoms with Gasteiger partial charge in [0.1, 0.15) is 0 Å². The minimum Gasteiger partial charge on any atom is -0.361 e. The van der Waals surface area contributed by atoms with Crippen LogP contribution in [0.1, 0.15) is 5.56 Å². The van der Waals surface area contributed by atoms with Crippen molar-refractivity contribution in [1.29, 1.82) is 0 Å². The molecule has 0 atom stereocenters. The zero-order valence-electron chi connectivity index (χ0n) is 15.2. The molecule has 2 aromatic carbocycles. The van der Waals surface area contributed by atoms with Gasteiger partial charge in [-0.15, -0.1) is 10.2 Å². The van der Waals surface area contributed by atoms with Crippen molar-refractivity contribution in [2.24, 2.45) is 12.1 Å². The first kappa shape index (κ1) is 18.0. The maximum atomic E-state index is 12.1. The number of fused-ring (bicyclic) bond motifs is 1. The number of nitrogens with one attached hydrogen (secondary N) is 2. The number of thioether (sulfide) groups is 1. The first-order valence-corrected chi connectivity index (χ1v) is 9.66. The average molecular weight is 390 g/mol. The Hall–Kier alpha value is -3.39. The van der Waals surface area contributed by atoms with E-state index in [1.54, 1.807) is 6.21 Å². The number of carbonyl (C=O) groups excluding carboxylic acids is 1. The van der Waals surface area contributed by atoms with Gasteiger partial charge in [0.15, 0.2) is 11.0 Å². The zero-order chi connectivity index (χ0) is 19.3. The molecule has 0 fully saturated rings. The van der Waals surface area contributed by atoms with Crippen LogP contribution in [0.4, 0.5) is 0 Å². The predicted octanol–water partition coefficient (Wildman–Crippen LogP) is 3.21. The van der Waals surface area contributed by atoms with Crippen LogP contribution < -0.4 is 5.43 Å². The Labute approximate surface area is 165 Å². The molecule has 0 aliphatic heterocycles. The van der Waals surface area contributed by atoms with Crippen molar-refractivity contribution < 1.29 is 4.79 Å². The smallest absolute Gasteiger partial charge is 0.250 e. The second-order valence-corrected chi connectivity index (χ2v) is 7.05. The van der Waals surface area contributed by atoms with Crippen molar-refractivity contribution in [3.8, 4) is 11.4 Å². The first-order valence-electron chi connectivity index (χ1n) is 8.68. The molecule has 2 aromatic heterocycles. The highest BCUT2D eigenvalue weighted by atomic mass is 32.2. The summed E-state index contributed by atoms with van der Waals surface area (Å²) in [6.07, 6.45) is 3.50. The Morgan fingerprint density at radius 1 is 1.18 bits per heavy atom. The molecule has 0 spiro atoms. The van der Waals surface area contributed by atoms with Gasteiger partial charge in [-0.25, -0.2) is 5.43 Å². The third-order valence-corrected chi connectivity index (χ3v) is 5.23. The van der Waals surface area contributed by atoms with Gasteiger partial charge in [0, 0.05) is 35.3 Å². The fraction of sp³-hybridized carbons (Fsp3) is 0.100. The molecule has 0 bridgehead atoms. The number of nitrogens with zero attached hydrogens (tertiary/aromatic N) is 4. The fourth-order valence-electron chi connectivity index (χ4n) is 2.82. The van der Waals surface area contributed by atoms with E-state index in [1.807, 2.05) is 72.4 Å². The molecule has 0 saturated heterocycles. The Balaban J connectivity index is 1.34. The minimum atomic E-state index is -0.203. The fourth-order valence-corrected chi connectivity index (χ4v) is 3.52. The Kier molecular flexibility index (Phi) is 5.20. The molecule has 8 heteroatoms. The van der Waals surface area contributed by atoms with E-state index in [0.29, 0.717) is 5.16 Å². The molecule has 2 heterocycles. The van der Waals surface area contributed by atoms with Crippen molar-refractivity contribution in [3.63, 3.8) is 0 Å². The number of rotatable bonds is 6. The van der Waals surface area contributed by atoms with E-state index in [-0.39, 0.29) is 11.7 Å². The Morgan fingerprint density at radius 2 is 1.96 bits per heavy atom. The van der Waals surface area contributed by atoms with E-state index in [9.17, 15) is 4.79 Å². The second-order valence-electron chi connectivity index (χ2n) is 6.10. The van der Waals surface area contributed by atoms with Gasteiger partial charge in [-0.2, -0.15) is 5.10 Å². The van der Waals surface area contributed by atoms with Gasteiger partial charge in [0.2, 0.25) is 0 Å². The number of hydrazone groups is 1. The third-order valence-electron chi connectivity index (χ3n) is 4.21. The van der Waals surface area contributed by atoms with Crippen LogP contribution in [0.5, 0.6) is 0 Å². The molecular formula is C20H18N6OS. The number of aromatic nitrogens is 4. The second kappa shape index (κ2) is 8.10. The quantitative estimate of drug-likeness (QED) is 0.301. The van der Waals surface area contributed by atoms with Crippen LogP contribution in [0.15, 0.2) is 71.1 Å². The molecule has 28 heavy (non-hydrogen) atoms. The van der Waals surface area contributed by atoms with Crippen LogP contribution in [0.2, 0.25) is 0 Å². The molecule has 0 radical (unpaired) electrons. The summed E-state index contributed by atoms with van der Waals surface area (Å²) in [7, 11) is 1.89. The highest BCUT2D eigenvalue weighted by molar-refractivity contribution is 7.99. The minimum absolute atomic E-state index is 0.200. The molecule has 4 aromatic rings. The van der Waals surface area contributed by atoms with E-state index in [2.05, 4.69) is 25.7 Å². The molecule has 7 nitrogen and oxygen atoms in total. The summed E-state index contributed by atoms with van der Waals surface area (Å²) in [6.45, 7) is 0. The molecule has 4 rings (SSSR count). The van der Waals surface area contributed by atoms with E-state index in [4.69, 9.17) is 0 Å². The van der Waals surface area contributed by atoms with E-state index < -0.39 is 0 Å². The van der Waals surface area contributed by atoms with E-state index in [0.717, 1.165) is 27.9 Å². The van der Waals surface area contributed by atoms with Crippen LogP contribution >= 0.6 is 11.8 Å². The number of hydrogen-bond donors (Lipinski definition) is 2. The summed E-state index contributed by atoms with van der Waals surface area (Å²) < 4.78 is 1.88. The van der Waals surface area contributed by atoms with Gasteiger partial charge >= 0.3 is 0 Å². The number of aromatic amines is 1. The van der Waals surface area contributed by atoms with Gasteiger partial charge in [-0.1, -0.05) is 60.3 Å². The molecule has 1 amide bonds. The van der Waals surface area contributed by atoms with Gasteiger partial charge in [0.05, 0.1) is 12.0 Å². The number of benzene rings is 2. The third kappa shape index (κ3) is 3.81. The van der Waals surface area contributed by atoms with Crippen molar-refractivity contribution in [1.82, 2.24) is 25.2 Å². The lowest BCUT2D eigenvalue weighted by atomic mass is 10.2. The summed E-state index contributed by atoms with van der Waals surface area (Å²) in [5.41, 5.74) is 5.49. The number of para-hydroxylation sites is 1. The average Bonchev–Trinajstić information content (AvgIpc) is 3.31. The van der Waals surface area contributed by atoms with Gasteiger partial charge < -0.3 is 9.55 Å². The van der Waals surface area contributed by atoms with Crippen molar-refractivity contribution in [2.75, 3.05) is 5.75 Å². The SMILES string of the molecule is Cn1c(SCC(=O)N/N=C/c2c[nH]c3ccccc23)nnc1-c1ccccc1. The lowest BCUT2D eigenvalue weighted by Gasteiger charge is -2.03. The standard InChI is InChI=1S/C20H18N6OS/c1-26-19(14-7-3-2-4-8-14)24-25-20(26)28-13-18(27)23-22-12-15-11-21-17-10-6-5-9-16(15)17/h2-12,21H,13H2,1H3,(H,23,27)/b22-12+. The number of H-pyrrole nitrogens is 1. The first-order chi connectivity index (χ1) is 13.7. The normalized spacial score (nSPS) is 11.3. The van der Waals surface area contributed by atoms with Gasteiger partial charge in [-0.05, 0) is 6.07 Å². The summed E-state index contributed by atoms with van der Waals surface area (Å²) in [5.74, 6) is 0.762. The lowest BCUT2D eigenvalue weighted by molar-refractivity contribution is -0.118. The number of hydrogen-bond acceptors (Lipinski definition) is 5. The summed E-state index contributed by atoms with van der Waals surface area (Å²) in [6, 6.07) is 17.7. The maximum Gasteiger partial charge on any atom is 0.250 e. The van der Waals surface area contributed by atoms with Crippen molar-refractivity contribution in [3.05, 3.63) is 66.4 Å². The molecular weight excluding hydrogens is 372 g/mol. The zero-order valence-corrected chi connectivity index (χ0v) is 16.0. The molecule has 0 unspecified atom stereocenters. The lowest BCUT2D eigenvalue weighted by Crippen LogP contribution is -2.19. The molecule has 140 valence electrons. The summed E-state index contributed by atoms with van der Waals surface area (Å²) >= 11 is 1.32. The van der Waals surface area contributed by atoms with Crippen LogP contribution in [-0.4, -0.2) is 37.6 Å². The summed E-state index contributed by atoms with van der Waals surface area (Å²) in [4.78, 5) is 15.3. The summed E-state index contributed by atoms with van der Waals surface area (Å²) in [5, 5.41) is 14.2. The molecule has 0 aliphatic carbocycles. The van der Waals surface area contributed by atoms with Crippen LogP contribution in [-0.2, 0) is 11.8 Å². The van der Waals surface area contributed by atoms with Gasteiger partial charge in [0.25, 0.3) is 5.91 Å². The maximum absolute atomic E-state index is 12.1. The molecule has 0 saturated carbocycles. The van der Waals surface area contributed by atoms with E-state index >= 15 is 0 Å². The van der Waals surface area contributed by atoms with Crippen molar-refractivity contribution in [2.45, 2.75) is 5.16 Å². The molecule has 0 aliphatic rings. The van der Waals surface area contributed by atoms with Crippen molar-refractivity contribution >= 4 is 34.8 Å². The highest BCUT2D eigenvalue weighted by Crippen LogP contribution is 2.22. The Morgan fingerprint density at radius 3 is 2.82 bits per heavy atom.